The molecule has 33 heavy (non-hydrogen) atoms. The Morgan fingerprint density at radius 1 is 0.970 bits per heavy atom. The molecule has 5 rings (SSSR count). The SMILES string of the molecule is COc1ccc(/C=C2\Oc3c(ccc4c3C(c3ccc(O)cc3)CC(=O)O4)C2=O)c(OC)c1. The van der Waals surface area contributed by atoms with Crippen molar-refractivity contribution < 1.29 is 33.6 Å². The molecule has 0 spiro atoms. The number of allylic oxidation sites excluding steroid dienone is 1. The number of esters is 1. The molecule has 1 unspecified atom stereocenters. The summed E-state index contributed by atoms with van der Waals surface area (Å²) in [4.78, 5) is 25.4. The van der Waals surface area contributed by atoms with Gasteiger partial charge in [-0.25, -0.2) is 0 Å². The van der Waals surface area contributed by atoms with E-state index in [2.05, 4.69) is 0 Å². The predicted molar refractivity (Wildman–Crippen MR) is 119 cm³/mol. The van der Waals surface area contributed by atoms with Gasteiger partial charge in [0.15, 0.2) is 5.76 Å². The van der Waals surface area contributed by atoms with Crippen LogP contribution in [-0.2, 0) is 4.79 Å². The van der Waals surface area contributed by atoms with E-state index in [1.165, 1.54) is 7.11 Å². The van der Waals surface area contributed by atoms with E-state index in [0.29, 0.717) is 39.7 Å². The zero-order valence-electron chi connectivity index (χ0n) is 18.0. The van der Waals surface area contributed by atoms with Gasteiger partial charge in [-0.05, 0) is 48.0 Å². The summed E-state index contributed by atoms with van der Waals surface area (Å²) < 4.78 is 22.2. The highest BCUT2D eigenvalue weighted by atomic mass is 16.5. The maximum Gasteiger partial charge on any atom is 0.312 e. The number of ketones is 1. The van der Waals surface area contributed by atoms with Gasteiger partial charge in [-0.1, -0.05) is 12.1 Å². The Hall–Kier alpha value is -4.26. The Balaban J connectivity index is 1.59. The molecule has 2 aliphatic heterocycles. The molecule has 0 fully saturated rings. The molecule has 7 nitrogen and oxygen atoms in total. The lowest BCUT2D eigenvalue weighted by Gasteiger charge is -2.26. The van der Waals surface area contributed by atoms with E-state index >= 15 is 0 Å². The van der Waals surface area contributed by atoms with Crippen molar-refractivity contribution in [2.75, 3.05) is 14.2 Å². The second kappa shape index (κ2) is 8.02. The van der Waals surface area contributed by atoms with Gasteiger partial charge in [-0.15, -0.1) is 0 Å². The standard InChI is InChI=1S/C26H20O7/c1-30-17-8-5-15(21(12-17)31-2)11-22-25(29)18-9-10-20-24(26(18)33-22)19(13-23(28)32-20)14-3-6-16(27)7-4-14/h3-12,19,27H,13H2,1-2H3/b22-11-. The first-order valence-electron chi connectivity index (χ1n) is 10.3. The summed E-state index contributed by atoms with van der Waals surface area (Å²) in [6, 6.07) is 15.1. The fourth-order valence-corrected chi connectivity index (χ4v) is 4.18. The normalized spacial score (nSPS) is 17.8. The fourth-order valence-electron chi connectivity index (χ4n) is 4.18. The zero-order chi connectivity index (χ0) is 23.1. The molecule has 0 bridgehead atoms. The Kier molecular flexibility index (Phi) is 5.01. The highest BCUT2D eigenvalue weighted by Gasteiger charge is 2.38. The van der Waals surface area contributed by atoms with E-state index in [0.717, 1.165) is 5.56 Å². The number of hydrogen-bond acceptors (Lipinski definition) is 7. The van der Waals surface area contributed by atoms with Crippen LogP contribution >= 0.6 is 0 Å². The van der Waals surface area contributed by atoms with Gasteiger partial charge in [0.05, 0.1) is 26.2 Å². The Morgan fingerprint density at radius 3 is 2.48 bits per heavy atom. The van der Waals surface area contributed by atoms with Crippen LogP contribution in [0.3, 0.4) is 0 Å². The molecule has 3 aromatic rings. The lowest BCUT2D eigenvalue weighted by Crippen LogP contribution is -2.21. The Morgan fingerprint density at radius 2 is 1.76 bits per heavy atom. The molecule has 0 aromatic heterocycles. The summed E-state index contributed by atoms with van der Waals surface area (Å²) in [5, 5.41) is 9.66. The molecule has 2 aliphatic rings. The summed E-state index contributed by atoms with van der Waals surface area (Å²) in [5.41, 5.74) is 2.50. The minimum atomic E-state index is -0.375. The van der Waals surface area contributed by atoms with Crippen LogP contribution in [0.15, 0.2) is 60.4 Å². The van der Waals surface area contributed by atoms with E-state index in [1.54, 1.807) is 67.8 Å². The number of phenols is 1. The minimum Gasteiger partial charge on any atom is -0.508 e. The zero-order valence-corrected chi connectivity index (χ0v) is 18.0. The van der Waals surface area contributed by atoms with Crippen molar-refractivity contribution in [1.29, 1.82) is 0 Å². The maximum absolute atomic E-state index is 13.2. The average Bonchev–Trinajstić information content (AvgIpc) is 3.14. The van der Waals surface area contributed by atoms with E-state index in [4.69, 9.17) is 18.9 Å². The first-order chi connectivity index (χ1) is 16.0. The van der Waals surface area contributed by atoms with Crippen molar-refractivity contribution in [2.45, 2.75) is 12.3 Å². The molecule has 1 N–H and O–H groups in total. The topological polar surface area (TPSA) is 91.3 Å². The van der Waals surface area contributed by atoms with Gasteiger partial charge in [0.1, 0.15) is 28.7 Å². The smallest absolute Gasteiger partial charge is 0.312 e. The number of ether oxygens (including phenoxy) is 4. The van der Waals surface area contributed by atoms with E-state index < -0.39 is 0 Å². The molecule has 1 atom stereocenters. The second-order valence-corrected chi connectivity index (χ2v) is 7.72. The van der Waals surface area contributed by atoms with Crippen molar-refractivity contribution in [3.8, 4) is 28.7 Å². The summed E-state index contributed by atoms with van der Waals surface area (Å²) in [6.45, 7) is 0. The van der Waals surface area contributed by atoms with Crippen LogP contribution in [0.1, 0.15) is 39.4 Å². The fraction of sp³-hybridized carbons (Fsp3) is 0.154. The van der Waals surface area contributed by atoms with E-state index in [1.807, 2.05) is 0 Å². The molecule has 0 saturated heterocycles. The molecule has 3 aromatic carbocycles. The highest BCUT2D eigenvalue weighted by molar-refractivity contribution is 6.15. The molecule has 2 heterocycles. The molecule has 0 saturated carbocycles. The van der Waals surface area contributed by atoms with Gasteiger partial charge in [-0.2, -0.15) is 0 Å². The number of Topliss-reactive ketones (excluding diaryl/α,β-unsaturated/α-hetero) is 1. The number of aromatic hydroxyl groups is 1. The number of rotatable bonds is 4. The summed E-state index contributed by atoms with van der Waals surface area (Å²) in [6.07, 6.45) is 1.72. The number of methoxy groups -OCH3 is 2. The van der Waals surface area contributed by atoms with Crippen LogP contribution in [0.25, 0.3) is 6.08 Å². The van der Waals surface area contributed by atoms with Crippen LogP contribution in [0.5, 0.6) is 28.7 Å². The lowest BCUT2D eigenvalue weighted by atomic mass is 9.84. The van der Waals surface area contributed by atoms with Crippen molar-refractivity contribution in [3.63, 3.8) is 0 Å². The third-order valence-corrected chi connectivity index (χ3v) is 5.80. The Bertz CT molecular complexity index is 1300. The monoisotopic (exact) mass is 444 g/mol. The van der Waals surface area contributed by atoms with Crippen LogP contribution in [0.2, 0.25) is 0 Å². The molecule has 0 amide bonds. The van der Waals surface area contributed by atoms with Crippen molar-refractivity contribution >= 4 is 17.8 Å². The number of carbonyl (C=O) groups excluding carboxylic acids is 2. The maximum atomic E-state index is 13.2. The quantitative estimate of drug-likeness (QED) is 0.361. The first-order valence-corrected chi connectivity index (χ1v) is 10.3. The van der Waals surface area contributed by atoms with Gasteiger partial charge >= 0.3 is 5.97 Å². The van der Waals surface area contributed by atoms with Gasteiger partial charge < -0.3 is 24.1 Å². The molecule has 7 heteroatoms. The largest absolute Gasteiger partial charge is 0.508 e. The average molecular weight is 444 g/mol. The molecule has 0 aliphatic carbocycles. The third-order valence-electron chi connectivity index (χ3n) is 5.80. The molecule has 0 radical (unpaired) electrons. The van der Waals surface area contributed by atoms with Crippen LogP contribution in [0, 0.1) is 0 Å². The van der Waals surface area contributed by atoms with Crippen molar-refractivity contribution in [3.05, 3.63) is 82.6 Å². The van der Waals surface area contributed by atoms with Crippen LogP contribution in [0.4, 0.5) is 0 Å². The van der Waals surface area contributed by atoms with Gasteiger partial charge in [0.25, 0.3) is 0 Å². The molecular formula is C26H20O7. The van der Waals surface area contributed by atoms with Gasteiger partial charge in [0, 0.05) is 23.1 Å². The second-order valence-electron chi connectivity index (χ2n) is 7.72. The number of fused-ring (bicyclic) bond motifs is 3. The summed E-state index contributed by atoms with van der Waals surface area (Å²) >= 11 is 0. The first kappa shape index (κ1) is 20.6. The minimum absolute atomic E-state index is 0.0944. The summed E-state index contributed by atoms with van der Waals surface area (Å²) in [5.74, 6) is 1.15. The van der Waals surface area contributed by atoms with E-state index in [-0.39, 0.29) is 35.6 Å². The van der Waals surface area contributed by atoms with Gasteiger partial charge in [0.2, 0.25) is 5.78 Å². The predicted octanol–water partition coefficient (Wildman–Crippen LogP) is 4.47. The molecule has 166 valence electrons. The Labute approximate surface area is 189 Å². The molecular weight excluding hydrogens is 424 g/mol. The van der Waals surface area contributed by atoms with Crippen molar-refractivity contribution in [2.24, 2.45) is 0 Å². The van der Waals surface area contributed by atoms with Crippen LogP contribution < -0.4 is 18.9 Å². The summed E-state index contributed by atoms with van der Waals surface area (Å²) in [7, 11) is 3.10. The van der Waals surface area contributed by atoms with E-state index in [9.17, 15) is 14.7 Å². The number of benzene rings is 3. The lowest BCUT2D eigenvalue weighted by molar-refractivity contribution is -0.135. The van der Waals surface area contributed by atoms with Crippen LogP contribution in [-0.4, -0.2) is 31.1 Å². The number of hydrogen-bond donors (Lipinski definition) is 1. The number of phenolic OH excluding ortho intramolecular Hbond substituents is 1. The number of carbonyl (C=O) groups is 2. The highest BCUT2D eigenvalue weighted by Crippen LogP contribution is 2.49. The van der Waals surface area contributed by atoms with Crippen molar-refractivity contribution in [1.82, 2.24) is 0 Å². The van der Waals surface area contributed by atoms with Gasteiger partial charge in [-0.3, -0.25) is 9.59 Å². The third kappa shape index (κ3) is 3.57.